The second-order valence-corrected chi connectivity index (χ2v) is 6.52. The number of nitrogens with zero attached hydrogens (tertiary/aromatic N) is 2. The van der Waals surface area contributed by atoms with Crippen LogP contribution in [0.5, 0.6) is 0 Å². The molecule has 0 aliphatic carbocycles. The number of carbonyl (C=O) groups excluding carboxylic acids is 1. The second-order valence-electron chi connectivity index (χ2n) is 6.52. The highest BCUT2D eigenvalue weighted by molar-refractivity contribution is 5.81. The molecular weight excluding hydrogens is 302 g/mol. The highest BCUT2D eigenvalue weighted by atomic mass is 16.5. The summed E-state index contributed by atoms with van der Waals surface area (Å²) in [6.45, 7) is 2.33. The molecule has 0 spiro atoms. The number of benzene rings is 1. The molecule has 0 radical (unpaired) electrons. The summed E-state index contributed by atoms with van der Waals surface area (Å²) < 4.78 is 5.49. The minimum absolute atomic E-state index is 0.0648. The standard InChI is InChI=1S/C19H25N3O2/c1-20-17(23)12-19(14-24-2)9-5-11-22(19)13-16-7-3-6-15-8-4-10-21-18(15)16/h3-4,6-8,10H,5,9,11-14H2,1-2H3,(H,20,23)/t19-/m1/s1. The number of ether oxygens (including phenoxy) is 1. The van der Waals surface area contributed by atoms with Crippen molar-refractivity contribution in [3.8, 4) is 0 Å². The number of likely N-dealkylation sites (tertiary alicyclic amines) is 1. The number of carbonyl (C=O) groups is 1. The molecule has 1 aromatic carbocycles. The third-order valence-corrected chi connectivity index (χ3v) is 5.00. The molecule has 1 aromatic heterocycles. The molecule has 1 atom stereocenters. The van der Waals surface area contributed by atoms with E-state index in [0.29, 0.717) is 13.0 Å². The third kappa shape index (κ3) is 3.28. The number of hydrogen-bond acceptors (Lipinski definition) is 4. The summed E-state index contributed by atoms with van der Waals surface area (Å²) in [5, 5.41) is 3.91. The van der Waals surface area contributed by atoms with Crippen LogP contribution in [0.1, 0.15) is 24.8 Å². The van der Waals surface area contributed by atoms with E-state index in [2.05, 4.69) is 39.5 Å². The number of hydrogen-bond donors (Lipinski definition) is 1. The molecule has 1 fully saturated rings. The minimum Gasteiger partial charge on any atom is -0.383 e. The van der Waals surface area contributed by atoms with E-state index in [0.717, 1.165) is 36.8 Å². The molecule has 2 aromatic rings. The summed E-state index contributed by atoms with van der Waals surface area (Å²) in [5.74, 6) is 0.0648. The lowest BCUT2D eigenvalue weighted by molar-refractivity contribution is -0.124. The molecule has 24 heavy (non-hydrogen) atoms. The predicted molar refractivity (Wildman–Crippen MR) is 94.7 cm³/mol. The SMILES string of the molecule is CNC(=O)C[C@@]1(COC)CCCN1Cc1cccc2cccnc12. The number of pyridine rings is 1. The molecule has 1 N–H and O–H groups in total. The van der Waals surface area contributed by atoms with E-state index in [1.54, 1.807) is 14.2 Å². The Morgan fingerprint density at radius 3 is 3.00 bits per heavy atom. The second kappa shape index (κ2) is 7.28. The summed E-state index contributed by atoms with van der Waals surface area (Å²) in [6.07, 6.45) is 4.36. The highest BCUT2D eigenvalue weighted by Gasteiger charge is 2.42. The van der Waals surface area contributed by atoms with E-state index in [9.17, 15) is 4.79 Å². The number of methoxy groups -OCH3 is 1. The van der Waals surface area contributed by atoms with Crippen LogP contribution in [-0.4, -0.2) is 48.6 Å². The molecule has 0 unspecified atom stereocenters. The van der Waals surface area contributed by atoms with Crippen molar-refractivity contribution in [2.45, 2.75) is 31.3 Å². The van der Waals surface area contributed by atoms with E-state index < -0.39 is 0 Å². The number of aromatic nitrogens is 1. The van der Waals surface area contributed by atoms with Gasteiger partial charge in [0.2, 0.25) is 5.91 Å². The van der Waals surface area contributed by atoms with Gasteiger partial charge in [-0.25, -0.2) is 0 Å². The number of rotatable bonds is 6. The van der Waals surface area contributed by atoms with Crippen LogP contribution in [-0.2, 0) is 16.1 Å². The zero-order valence-corrected chi connectivity index (χ0v) is 14.4. The van der Waals surface area contributed by atoms with E-state index >= 15 is 0 Å². The lowest BCUT2D eigenvalue weighted by atomic mass is 9.91. The van der Waals surface area contributed by atoms with Crippen LogP contribution in [0, 0.1) is 0 Å². The minimum atomic E-state index is -0.230. The van der Waals surface area contributed by atoms with Gasteiger partial charge >= 0.3 is 0 Å². The molecule has 3 rings (SSSR count). The fraction of sp³-hybridized carbons (Fsp3) is 0.474. The van der Waals surface area contributed by atoms with Crippen molar-refractivity contribution < 1.29 is 9.53 Å². The zero-order chi connectivity index (χ0) is 17.0. The first kappa shape index (κ1) is 16.9. The van der Waals surface area contributed by atoms with Gasteiger partial charge in [-0.2, -0.15) is 0 Å². The Hall–Kier alpha value is -1.98. The topological polar surface area (TPSA) is 54.5 Å². The van der Waals surface area contributed by atoms with Crippen LogP contribution in [0.3, 0.4) is 0 Å². The van der Waals surface area contributed by atoms with E-state index in [4.69, 9.17) is 4.74 Å². The maximum absolute atomic E-state index is 12.1. The van der Waals surface area contributed by atoms with Crippen LogP contribution >= 0.6 is 0 Å². The van der Waals surface area contributed by atoms with Gasteiger partial charge in [0.15, 0.2) is 0 Å². The Bertz CT molecular complexity index is 713. The maximum Gasteiger partial charge on any atom is 0.221 e. The number of para-hydroxylation sites is 1. The lowest BCUT2D eigenvalue weighted by Gasteiger charge is -2.37. The van der Waals surface area contributed by atoms with Crippen molar-refractivity contribution in [2.24, 2.45) is 0 Å². The zero-order valence-electron chi connectivity index (χ0n) is 14.4. The Labute approximate surface area is 143 Å². The van der Waals surface area contributed by atoms with Gasteiger partial charge < -0.3 is 10.1 Å². The van der Waals surface area contributed by atoms with Gasteiger partial charge in [-0.05, 0) is 31.0 Å². The summed E-state index contributed by atoms with van der Waals surface area (Å²) in [4.78, 5) is 19.0. The van der Waals surface area contributed by atoms with Crippen molar-refractivity contribution in [2.75, 3.05) is 27.3 Å². The quantitative estimate of drug-likeness (QED) is 0.885. The molecule has 1 aliphatic heterocycles. The van der Waals surface area contributed by atoms with Gasteiger partial charge in [-0.1, -0.05) is 24.3 Å². The average molecular weight is 327 g/mol. The van der Waals surface area contributed by atoms with Crippen molar-refractivity contribution in [3.05, 3.63) is 42.1 Å². The van der Waals surface area contributed by atoms with Crippen LogP contribution < -0.4 is 5.32 Å². The lowest BCUT2D eigenvalue weighted by Crippen LogP contribution is -2.50. The monoisotopic (exact) mass is 327 g/mol. The Balaban J connectivity index is 1.90. The van der Waals surface area contributed by atoms with Crippen LogP contribution in [0.4, 0.5) is 0 Å². The Kier molecular flexibility index (Phi) is 5.11. The molecule has 0 bridgehead atoms. The Morgan fingerprint density at radius 2 is 2.21 bits per heavy atom. The first-order valence-electron chi connectivity index (χ1n) is 8.46. The van der Waals surface area contributed by atoms with E-state index in [1.165, 1.54) is 5.56 Å². The largest absolute Gasteiger partial charge is 0.383 e. The molecule has 128 valence electrons. The summed E-state index contributed by atoms with van der Waals surface area (Å²) >= 11 is 0. The Morgan fingerprint density at radius 1 is 1.38 bits per heavy atom. The maximum atomic E-state index is 12.1. The normalized spacial score (nSPS) is 21.2. The summed E-state index contributed by atoms with van der Waals surface area (Å²) in [7, 11) is 3.40. The number of nitrogens with one attached hydrogen (secondary N) is 1. The third-order valence-electron chi connectivity index (χ3n) is 5.00. The van der Waals surface area contributed by atoms with Crippen LogP contribution in [0.15, 0.2) is 36.5 Å². The van der Waals surface area contributed by atoms with Crippen molar-refractivity contribution in [3.63, 3.8) is 0 Å². The molecule has 1 saturated heterocycles. The number of amides is 1. The molecule has 1 aliphatic rings. The van der Waals surface area contributed by atoms with E-state index in [1.807, 2.05) is 12.3 Å². The first-order chi connectivity index (χ1) is 11.7. The first-order valence-corrected chi connectivity index (χ1v) is 8.46. The van der Waals surface area contributed by atoms with E-state index in [-0.39, 0.29) is 11.4 Å². The summed E-state index contributed by atoms with van der Waals surface area (Å²) in [6, 6.07) is 10.3. The number of fused-ring (bicyclic) bond motifs is 1. The van der Waals surface area contributed by atoms with Gasteiger partial charge in [0.05, 0.1) is 17.7 Å². The summed E-state index contributed by atoms with van der Waals surface area (Å²) in [5.41, 5.74) is 2.01. The molecule has 5 nitrogen and oxygen atoms in total. The van der Waals surface area contributed by atoms with Gasteiger partial charge in [0.25, 0.3) is 0 Å². The van der Waals surface area contributed by atoms with Crippen molar-refractivity contribution in [1.82, 2.24) is 15.2 Å². The molecular formula is C19H25N3O2. The van der Waals surface area contributed by atoms with Crippen LogP contribution in [0.2, 0.25) is 0 Å². The fourth-order valence-electron chi connectivity index (χ4n) is 3.81. The van der Waals surface area contributed by atoms with Gasteiger partial charge in [0, 0.05) is 38.7 Å². The highest BCUT2D eigenvalue weighted by Crippen LogP contribution is 2.35. The van der Waals surface area contributed by atoms with Crippen molar-refractivity contribution in [1.29, 1.82) is 0 Å². The van der Waals surface area contributed by atoms with Crippen molar-refractivity contribution >= 4 is 16.8 Å². The molecule has 5 heteroatoms. The average Bonchev–Trinajstić information content (AvgIpc) is 2.97. The molecule has 0 saturated carbocycles. The molecule has 2 heterocycles. The van der Waals surface area contributed by atoms with Gasteiger partial charge in [0.1, 0.15) is 0 Å². The predicted octanol–water partition coefficient (Wildman–Crippen LogP) is 2.35. The molecule has 1 amide bonds. The van der Waals surface area contributed by atoms with Gasteiger partial charge in [-0.15, -0.1) is 0 Å². The van der Waals surface area contributed by atoms with Crippen LogP contribution in [0.25, 0.3) is 10.9 Å². The fourth-order valence-corrected chi connectivity index (χ4v) is 3.81. The smallest absolute Gasteiger partial charge is 0.221 e. The van der Waals surface area contributed by atoms with Gasteiger partial charge in [-0.3, -0.25) is 14.7 Å².